The number of rotatable bonds is 3. The van der Waals surface area contributed by atoms with Crippen molar-refractivity contribution in [1.82, 2.24) is 0 Å². The molecule has 1 aromatic rings. The van der Waals surface area contributed by atoms with Gasteiger partial charge in [-0.1, -0.05) is 64.3 Å². The third-order valence-corrected chi connectivity index (χ3v) is 4.70. The number of methoxy groups -OCH3 is 1. The van der Waals surface area contributed by atoms with Gasteiger partial charge in [-0.25, -0.2) is 0 Å². The summed E-state index contributed by atoms with van der Waals surface area (Å²) in [5.41, 5.74) is 2.03. The van der Waals surface area contributed by atoms with Crippen LogP contribution in [-0.4, -0.2) is 17.8 Å². The lowest BCUT2D eigenvalue weighted by molar-refractivity contribution is -0.125. The van der Waals surface area contributed by atoms with Crippen LogP contribution in [0.3, 0.4) is 0 Å². The van der Waals surface area contributed by atoms with Crippen molar-refractivity contribution < 1.29 is 9.84 Å². The average molecular weight is 276 g/mol. The highest BCUT2D eigenvalue weighted by Gasteiger charge is 2.40. The minimum atomic E-state index is -0.526. The van der Waals surface area contributed by atoms with E-state index in [4.69, 9.17) is 4.74 Å². The summed E-state index contributed by atoms with van der Waals surface area (Å²) in [4.78, 5) is 0. The summed E-state index contributed by atoms with van der Waals surface area (Å²) in [6.07, 6.45) is 4.91. The number of aliphatic hydroxyl groups excluding tert-OH is 1. The van der Waals surface area contributed by atoms with Gasteiger partial charge in [0.25, 0.3) is 0 Å². The quantitative estimate of drug-likeness (QED) is 0.888. The lowest BCUT2D eigenvalue weighted by atomic mass is 9.77. The van der Waals surface area contributed by atoms with Crippen molar-refractivity contribution in [2.24, 2.45) is 0 Å². The Kier molecular flexibility index (Phi) is 4.55. The van der Waals surface area contributed by atoms with E-state index in [-0.39, 0.29) is 11.0 Å². The number of aliphatic hydroxyl groups is 1. The van der Waals surface area contributed by atoms with Crippen LogP contribution in [0.2, 0.25) is 0 Å². The van der Waals surface area contributed by atoms with Crippen LogP contribution in [0.15, 0.2) is 24.3 Å². The molecule has 1 fully saturated rings. The van der Waals surface area contributed by atoms with E-state index in [1.165, 1.54) is 12.0 Å². The SMILES string of the molecule is COC1(C(O)c2ccc(C(C)(C)C)cc2)CCCCC1. The summed E-state index contributed by atoms with van der Waals surface area (Å²) < 4.78 is 5.74. The first kappa shape index (κ1) is 15.5. The normalized spacial score (nSPS) is 20.6. The molecule has 1 aliphatic rings. The van der Waals surface area contributed by atoms with Gasteiger partial charge in [0.15, 0.2) is 0 Å². The van der Waals surface area contributed by atoms with Crippen molar-refractivity contribution in [3.05, 3.63) is 35.4 Å². The van der Waals surface area contributed by atoms with Crippen LogP contribution in [0.25, 0.3) is 0 Å². The van der Waals surface area contributed by atoms with Crippen LogP contribution in [0.4, 0.5) is 0 Å². The standard InChI is InChI=1S/C18H28O2/c1-17(2,3)15-10-8-14(9-11-15)16(19)18(20-4)12-6-5-7-13-18/h8-11,16,19H,5-7,12-13H2,1-4H3. The van der Waals surface area contributed by atoms with Crippen molar-refractivity contribution in [3.8, 4) is 0 Å². The molecule has 0 heterocycles. The predicted octanol–water partition coefficient (Wildman–Crippen LogP) is 4.37. The number of benzene rings is 1. The summed E-state index contributed by atoms with van der Waals surface area (Å²) >= 11 is 0. The van der Waals surface area contributed by atoms with Gasteiger partial charge >= 0.3 is 0 Å². The zero-order valence-corrected chi connectivity index (χ0v) is 13.3. The Morgan fingerprint density at radius 2 is 1.60 bits per heavy atom. The van der Waals surface area contributed by atoms with Crippen molar-refractivity contribution >= 4 is 0 Å². The van der Waals surface area contributed by atoms with Gasteiger partial charge < -0.3 is 9.84 Å². The van der Waals surface area contributed by atoms with E-state index in [2.05, 4.69) is 45.0 Å². The molecule has 0 spiro atoms. The van der Waals surface area contributed by atoms with Crippen LogP contribution in [0, 0.1) is 0 Å². The van der Waals surface area contributed by atoms with Crippen molar-refractivity contribution in [2.45, 2.75) is 70.0 Å². The Labute approximate surface area is 123 Å². The molecule has 0 saturated heterocycles. The molecule has 1 atom stereocenters. The smallest absolute Gasteiger partial charge is 0.108 e. The molecule has 1 saturated carbocycles. The van der Waals surface area contributed by atoms with Crippen LogP contribution in [0.5, 0.6) is 0 Å². The lowest BCUT2D eigenvalue weighted by Gasteiger charge is -2.40. The summed E-state index contributed by atoms with van der Waals surface area (Å²) in [5, 5.41) is 10.8. The third kappa shape index (κ3) is 3.07. The summed E-state index contributed by atoms with van der Waals surface area (Å²) in [6.45, 7) is 6.61. The Bertz CT molecular complexity index is 422. The topological polar surface area (TPSA) is 29.5 Å². The minimum Gasteiger partial charge on any atom is -0.385 e. The maximum Gasteiger partial charge on any atom is 0.108 e. The molecule has 2 heteroatoms. The fraction of sp³-hybridized carbons (Fsp3) is 0.667. The van der Waals surface area contributed by atoms with E-state index in [0.717, 1.165) is 31.2 Å². The maximum absolute atomic E-state index is 10.8. The van der Waals surface area contributed by atoms with Gasteiger partial charge in [0.05, 0.1) is 5.60 Å². The van der Waals surface area contributed by atoms with E-state index in [9.17, 15) is 5.11 Å². The highest BCUT2D eigenvalue weighted by Crippen LogP contribution is 2.41. The van der Waals surface area contributed by atoms with Crippen LogP contribution < -0.4 is 0 Å². The summed E-state index contributed by atoms with van der Waals surface area (Å²) in [6, 6.07) is 8.37. The Morgan fingerprint density at radius 1 is 1.05 bits per heavy atom. The van der Waals surface area contributed by atoms with Gasteiger partial charge in [-0.15, -0.1) is 0 Å². The fourth-order valence-electron chi connectivity index (χ4n) is 3.21. The lowest BCUT2D eigenvalue weighted by Crippen LogP contribution is -2.40. The highest BCUT2D eigenvalue weighted by molar-refractivity contribution is 5.30. The largest absolute Gasteiger partial charge is 0.385 e. The van der Waals surface area contributed by atoms with Crippen LogP contribution >= 0.6 is 0 Å². The minimum absolute atomic E-state index is 0.146. The number of hydrogen-bond donors (Lipinski definition) is 1. The van der Waals surface area contributed by atoms with Gasteiger partial charge in [0.2, 0.25) is 0 Å². The zero-order chi connectivity index (χ0) is 14.8. The predicted molar refractivity (Wildman–Crippen MR) is 82.9 cm³/mol. The zero-order valence-electron chi connectivity index (χ0n) is 13.3. The first-order valence-corrected chi connectivity index (χ1v) is 7.73. The molecule has 20 heavy (non-hydrogen) atoms. The van der Waals surface area contributed by atoms with Crippen molar-refractivity contribution in [1.29, 1.82) is 0 Å². The highest BCUT2D eigenvalue weighted by atomic mass is 16.5. The van der Waals surface area contributed by atoms with Crippen LogP contribution in [-0.2, 0) is 10.2 Å². The molecule has 0 radical (unpaired) electrons. The van der Waals surface area contributed by atoms with E-state index < -0.39 is 6.10 Å². The summed E-state index contributed by atoms with van der Waals surface area (Å²) in [5.74, 6) is 0. The second-order valence-electron chi connectivity index (χ2n) is 7.10. The molecular weight excluding hydrogens is 248 g/mol. The van der Waals surface area contributed by atoms with Crippen LogP contribution in [0.1, 0.15) is 70.1 Å². The molecule has 0 amide bonds. The molecule has 0 bridgehead atoms. The van der Waals surface area contributed by atoms with E-state index in [0.29, 0.717) is 0 Å². The molecule has 2 nitrogen and oxygen atoms in total. The van der Waals surface area contributed by atoms with Crippen molar-refractivity contribution in [3.63, 3.8) is 0 Å². The average Bonchev–Trinajstić information content (AvgIpc) is 2.46. The number of hydrogen-bond acceptors (Lipinski definition) is 2. The van der Waals surface area contributed by atoms with E-state index in [1.54, 1.807) is 7.11 Å². The van der Waals surface area contributed by atoms with E-state index >= 15 is 0 Å². The van der Waals surface area contributed by atoms with Gasteiger partial charge in [-0.2, -0.15) is 0 Å². The molecule has 0 aliphatic heterocycles. The van der Waals surface area contributed by atoms with E-state index in [1.807, 2.05) is 0 Å². The Balaban J connectivity index is 2.21. The molecular formula is C18H28O2. The molecule has 2 rings (SSSR count). The molecule has 1 aromatic carbocycles. The van der Waals surface area contributed by atoms with Crippen molar-refractivity contribution in [2.75, 3.05) is 7.11 Å². The molecule has 1 unspecified atom stereocenters. The Morgan fingerprint density at radius 3 is 2.05 bits per heavy atom. The summed E-state index contributed by atoms with van der Waals surface area (Å²) in [7, 11) is 1.73. The third-order valence-electron chi connectivity index (χ3n) is 4.70. The molecule has 0 aromatic heterocycles. The van der Waals surface area contributed by atoms with Gasteiger partial charge in [0.1, 0.15) is 6.10 Å². The van der Waals surface area contributed by atoms with Gasteiger partial charge in [-0.3, -0.25) is 0 Å². The second-order valence-corrected chi connectivity index (χ2v) is 7.10. The monoisotopic (exact) mass is 276 g/mol. The molecule has 1 N–H and O–H groups in total. The Hall–Kier alpha value is -0.860. The second kappa shape index (κ2) is 5.87. The van der Waals surface area contributed by atoms with Gasteiger partial charge in [0, 0.05) is 7.11 Å². The molecule has 112 valence electrons. The van der Waals surface area contributed by atoms with Gasteiger partial charge in [-0.05, 0) is 29.4 Å². The molecule has 1 aliphatic carbocycles. The fourth-order valence-corrected chi connectivity index (χ4v) is 3.21. The first-order chi connectivity index (χ1) is 9.39. The maximum atomic E-state index is 10.8. The number of ether oxygens (including phenoxy) is 1. The first-order valence-electron chi connectivity index (χ1n) is 7.73.